The molecule has 0 aliphatic rings. The molecule has 0 saturated heterocycles. The molecule has 3 rings (SSSR count). The minimum Gasteiger partial charge on any atom is -0.383 e. The van der Waals surface area contributed by atoms with Gasteiger partial charge in [-0.15, -0.1) is 0 Å². The second-order valence-electron chi connectivity index (χ2n) is 5.60. The molecule has 1 amide bonds. The molecule has 0 aliphatic carbocycles. The molecule has 0 N–H and O–H groups in total. The van der Waals surface area contributed by atoms with Crippen LogP contribution in [0.4, 0.5) is 14.5 Å². The van der Waals surface area contributed by atoms with Gasteiger partial charge in [0, 0.05) is 30.8 Å². The summed E-state index contributed by atoms with van der Waals surface area (Å²) in [5.41, 5.74) is -0.699. The Bertz CT molecular complexity index is 1160. The Morgan fingerprint density at radius 2 is 2.11 bits per heavy atom. The van der Waals surface area contributed by atoms with Crippen LogP contribution in [0.25, 0.3) is 10.2 Å². The van der Waals surface area contributed by atoms with Crippen molar-refractivity contribution >= 4 is 44.7 Å². The van der Waals surface area contributed by atoms with Crippen molar-refractivity contribution in [1.29, 1.82) is 0 Å². The number of rotatable bonds is 5. The third kappa shape index (κ3) is 3.93. The van der Waals surface area contributed by atoms with Crippen LogP contribution >= 0.6 is 22.9 Å². The van der Waals surface area contributed by atoms with Gasteiger partial charge in [-0.25, -0.2) is 8.78 Å². The Labute approximate surface area is 165 Å². The minimum atomic E-state index is -0.923. The summed E-state index contributed by atoms with van der Waals surface area (Å²) >= 11 is 6.73. The normalized spacial score (nSPS) is 11.9. The summed E-state index contributed by atoms with van der Waals surface area (Å²) in [5, 5.41) is 11.3. The SMILES string of the molecule is COCCn1c(=NC(=O)c2cc(Cl)ccc2[N+](=O)[O-])sc2cc(F)cc(F)c21. The lowest BCUT2D eigenvalue weighted by Crippen LogP contribution is -2.20. The van der Waals surface area contributed by atoms with E-state index in [1.165, 1.54) is 17.7 Å². The first-order valence-corrected chi connectivity index (χ1v) is 9.01. The number of carbonyl (C=O) groups is 1. The molecule has 0 spiro atoms. The van der Waals surface area contributed by atoms with Gasteiger partial charge in [0.1, 0.15) is 11.4 Å². The zero-order valence-electron chi connectivity index (χ0n) is 14.3. The summed E-state index contributed by atoms with van der Waals surface area (Å²) in [6.45, 7) is 0.324. The number of thiazole rings is 1. The number of nitro groups is 1. The molecule has 0 bridgehead atoms. The van der Waals surface area contributed by atoms with Gasteiger partial charge in [-0.3, -0.25) is 14.9 Å². The number of aromatic nitrogens is 1. The molecule has 7 nitrogen and oxygen atoms in total. The topological polar surface area (TPSA) is 86.7 Å². The molecule has 0 unspecified atom stereocenters. The highest BCUT2D eigenvalue weighted by Gasteiger charge is 2.21. The maximum atomic E-state index is 14.3. The van der Waals surface area contributed by atoms with E-state index >= 15 is 0 Å². The van der Waals surface area contributed by atoms with Crippen LogP contribution < -0.4 is 4.80 Å². The number of ether oxygens (including phenoxy) is 1. The van der Waals surface area contributed by atoms with E-state index in [1.807, 2.05) is 0 Å². The van der Waals surface area contributed by atoms with Crippen LogP contribution in [0, 0.1) is 21.7 Å². The largest absolute Gasteiger partial charge is 0.383 e. The van der Waals surface area contributed by atoms with Crippen molar-refractivity contribution in [3.8, 4) is 0 Å². The average Bonchev–Trinajstić information content (AvgIpc) is 2.96. The van der Waals surface area contributed by atoms with Gasteiger partial charge in [-0.05, 0) is 18.2 Å². The number of halogens is 3. The summed E-state index contributed by atoms with van der Waals surface area (Å²) < 4.78 is 34.4. The van der Waals surface area contributed by atoms with E-state index in [2.05, 4.69) is 4.99 Å². The van der Waals surface area contributed by atoms with E-state index in [4.69, 9.17) is 16.3 Å². The highest BCUT2D eigenvalue weighted by atomic mass is 35.5. The van der Waals surface area contributed by atoms with Gasteiger partial charge in [-0.2, -0.15) is 4.99 Å². The lowest BCUT2D eigenvalue weighted by atomic mass is 10.2. The monoisotopic (exact) mass is 427 g/mol. The van der Waals surface area contributed by atoms with E-state index in [1.54, 1.807) is 0 Å². The molecule has 1 heterocycles. The van der Waals surface area contributed by atoms with Crippen LogP contribution in [-0.4, -0.2) is 29.1 Å². The predicted octanol–water partition coefficient (Wildman–Crippen LogP) is 3.93. The van der Waals surface area contributed by atoms with E-state index in [0.717, 1.165) is 35.6 Å². The van der Waals surface area contributed by atoms with Gasteiger partial charge in [0.25, 0.3) is 11.6 Å². The van der Waals surface area contributed by atoms with Crippen molar-refractivity contribution in [1.82, 2.24) is 4.57 Å². The fourth-order valence-electron chi connectivity index (χ4n) is 2.59. The van der Waals surface area contributed by atoms with E-state index in [-0.39, 0.29) is 38.8 Å². The van der Waals surface area contributed by atoms with Crippen LogP contribution in [0.1, 0.15) is 10.4 Å². The van der Waals surface area contributed by atoms with Crippen LogP contribution in [0.15, 0.2) is 35.3 Å². The first kappa shape index (κ1) is 20.1. The molecule has 146 valence electrons. The summed E-state index contributed by atoms with van der Waals surface area (Å²) in [4.78, 5) is 27.0. The molecule has 2 aromatic carbocycles. The predicted molar refractivity (Wildman–Crippen MR) is 99.6 cm³/mol. The van der Waals surface area contributed by atoms with Gasteiger partial charge >= 0.3 is 0 Å². The second kappa shape index (κ2) is 8.13. The third-order valence-electron chi connectivity index (χ3n) is 3.80. The highest BCUT2D eigenvalue weighted by molar-refractivity contribution is 7.16. The number of nitro benzene ring substituents is 1. The Hall–Kier alpha value is -2.69. The lowest BCUT2D eigenvalue weighted by Gasteiger charge is -2.05. The number of nitrogens with zero attached hydrogens (tertiary/aromatic N) is 3. The molecule has 28 heavy (non-hydrogen) atoms. The smallest absolute Gasteiger partial charge is 0.286 e. The van der Waals surface area contributed by atoms with Crippen LogP contribution in [0.2, 0.25) is 5.02 Å². The van der Waals surface area contributed by atoms with E-state index < -0.39 is 28.2 Å². The number of benzene rings is 2. The summed E-state index contributed by atoms with van der Waals surface area (Å²) in [7, 11) is 1.45. The molecule has 1 aromatic heterocycles. The van der Waals surface area contributed by atoms with Crippen molar-refractivity contribution in [2.24, 2.45) is 4.99 Å². The van der Waals surface area contributed by atoms with Crippen molar-refractivity contribution in [3.63, 3.8) is 0 Å². The average molecular weight is 428 g/mol. The Morgan fingerprint density at radius 1 is 1.36 bits per heavy atom. The molecular weight excluding hydrogens is 416 g/mol. The quantitative estimate of drug-likeness (QED) is 0.456. The maximum Gasteiger partial charge on any atom is 0.286 e. The standard InChI is InChI=1S/C17H12ClF2N3O4S/c1-27-5-4-22-15-12(20)7-10(19)8-14(15)28-17(22)21-16(24)11-6-9(18)2-3-13(11)23(25)26/h2-3,6-8H,4-5H2,1H3. The summed E-state index contributed by atoms with van der Waals surface area (Å²) in [6.07, 6.45) is 0. The zero-order chi connectivity index (χ0) is 20.4. The maximum absolute atomic E-state index is 14.3. The molecule has 0 aliphatic heterocycles. The second-order valence-corrected chi connectivity index (χ2v) is 7.04. The van der Waals surface area contributed by atoms with Crippen LogP contribution in [-0.2, 0) is 11.3 Å². The Morgan fingerprint density at radius 3 is 2.79 bits per heavy atom. The number of amides is 1. The van der Waals surface area contributed by atoms with Crippen LogP contribution in [0.5, 0.6) is 0 Å². The zero-order valence-corrected chi connectivity index (χ0v) is 15.9. The van der Waals surface area contributed by atoms with Crippen molar-refractivity contribution in [3.05, 3.63) is 67.5 Å². The fraction of sp³-hybridized carbons (Fsp3) is 0.176. The number of hydrogen-bond acceptors (Lipinski definition) is 5. The molecule has 11 heteroatoms. The van der Waals surface area contributed by atoms with Gasteiger partial charge in [0.2, 0.25) is 0 Å². The fourth-order valence-corrected chi connectivity index (χ4v) is 3.86. The van der Waals surface area contributed by atoms with Crippen LogP contribution in [0.3, 0.4) is 0 Å². The van der Waals surface area contributed by atoms with E-state index in [0.29, 0.717) is 0 Å². The van der Waals surface area contributed by atoms with Gasteiger partial charge in [0.05, 0.1) is 21.7 Å². The molecule has 0 saturated carbocycles. The van der Waals surface area contributed by atoms with Crippen molar-refractivity contribution in [2.45, 2.75) is 6.54 Å². The van der Waals surface area contributed by atoms with Gasteiger partial charge < -0.3 is 9.30 Å². The first-order chi connectivity index (χ1) is 13.3. The van der Waals surface area contributed by atoms with Gasteiger partial charge in [-0.1, -0.05) is 22.9 Å². The number of fused-ring (bicyclic) bond motifs is 1. The molecule has 3 aromatic rings. The number of carbonyl (C=O) groups excluding carboxylic acids is 1. The third-order valence-corrected chi connectivity index (χ3v) is 5.06. The van der Waals surface area contributed by atoms with Gasteiger partial charge in [0.15, 0.2) is 10.6 Å². The molecule has 0 radical (unpaired) electrons. The number of methoxy groups -OCH3 is 1. The minimum absolute atomic E-state index is 0.0517. The molecule has 0 fully saturated rings. The van der Waals surface area contributed by atoms with Crippen molar-refractivity contribution in [2.75, 3.05) is 13.7 Å². The summed E-state index contributed by atoms with van der Waals surface area (Å²) in [5.74, 6) is -2.51. The molecular formula is C17H12ClF2N3O4S. The lowest BCUT2D eigenvalue weighted by molar-refractivity contribution is -0.385. The molecule has 0 atom stereocenters. The van der Waals surface area contributed by atoms with Crippen molar-refractivity contribution < 1.29 is 23.2 Å². The number of hydrogen-bond donors (Lipinski definition) is 0. The van der Waals surface area contributed by atoms with E-state index in [9.17, 15) is 23.7 Å². The summed E-state index contributed by atoms with van der Waals surface area (Å²) in [6, 6.07) is 5.37. The first-order valence-electron chi connectivity index (χ1n) is 7.82. The Kier molecular flexibility index (Phi) is 5.82. The highest BCUT2D eigenvalue weighted by Crippen LogP contribution is 2.25. The Balaban J connectivity index is 2.21.